The fraction of sp³-hybridized carbons (Fsp3) is 0.462. The molecule has 0 saturated heterocycles. The van der Waals surface area contributed by atoms with Crippen molar-refractivity contribution in [3.8, 4) is 11.1 Å². The number of aryl methyl sites for hydroxylation is 1. The quantitative estimate of drug-likeness (QED) is 0.280. The molecule has 1 aliphatic carbocycles. The maximum Gasteiger partial charge on any atom is 0.321 e. The lowest BCUT2D eigenvalue weighted by Crippen LogP contribution is -2.39. The standard InChI is InChI=1S/C26H32FNO4.ClH/c1-2-3-4-5-6-20-11-12-21(15-23(20)27)19-9-7-18(8-10-19)17-28-22-13-14-26(16-22,24(29)30)25(31)32;/h7-12,15,22,28H,2-6,13-14,16-17H2,1H3,(H,29,30)(H,31,32);1H. The Morgan fingerprint density at radius 3 is 2.27 bits per heavy atom. The summed E-state index contributed by atoms with van der Waals surface area (Å²) >= 11 is 0. The van der Waals surface area contributed by atoms with Crippen LogP contribution < -0.4 is 5.32 Å². The maximum absolute atomic E-state index is 14.5. The fourth-order valence-corrected chi connectivity index (χ4v) is 4.45. The van der Waals surface area contributed by atoms with Crippen molar-refractivity contribution in [3.63, 3.8) is 0 Å². The first-order valence-corrected chi connectivity index (χ1v) is 11.4. The van der Waals surface area contributed by atoms with Crippen LogP contribution in [0, 0.1) is 11.2 Å². The number of halogens is 2. The Hall–Kier alpha value is -2.44. The van der Waals surface area contributed by atoms with E-state index in [1.54, 1.807) is 6.07 Å². The van der Waals surface area contributed by atoms with Crippen LogP contribution in [0.1, 0.15) is 63.0 Å². The molecule has 0 spiro atoms. The number of rotatable bonds is 11. The summed E-state index contributed by atoms with van der Waals surface area (Å²) in [5.74, 6) is -2.69. The van der Waals surface area contributed by atoms with Crippen molar-refractivity contribution in [2.45, 2.75) is 70.9 Å². The molecule has 33 heavy (non-hydrogen) atoms. The predicted octanol–water partition coefficient (Wildman–Crippen LogP) is 5.84. The Morgan fingerprint density at radius 2 is 1.70 bits per heavy atom. The van der Waals surface area contributed by atoms with E-state index in [0.717, 1.165) is 41.5 Å². The second-order valence-electron chi connectivity index (χ2n) is 8.83. The van der Waals surface area contributed by atoms with Crippen LogP contribution in [0.5, 0.6) is 0 Å². The lowest BCUT2D eigenvalue weighted by Gasteiger charge is -2.19. The van der Waals surface area contributed by atoms with Gasteiger partial charge in [-0.05, 0) is 60.4 Å². The molecule has 1 fully saturated rings. The molecule has 1 saturated carbocycles. The molecule has 7 heteroatoms. The Bertz CT molecular complexity index is 934. The Kier molecular flexibility index (Phi) is 9.87. The highest BCUT2D eigenvalue weighted by molar-refractivity contribution is 5.98. The van der Waals surface area contributed by atoms with E-state index >= 15 is 0 Å². The molecule has 3 N–H and O–H groups in total. The second kappa shape index (κ2) is 12.1. The van der Waals surface area contributed by atoms with Gasteiger partial charge in [0.05, 0.1) is 0 Å². The first kappa shape index (κ1) is 26.8. The third-order valence-electron chi connectivity index (χ3n) is 6.57. The van der Waals surface area contributed by atoms with Crippen molar-refractivity contribution in [2.75, 3.05) is 0 Å². The number of carboxylic acid groups (broad SMARTS) is 2. The lowest BCUT2D eigenvalue weighted by atomic mass is 9.86. The monoisotopic (exact) mass is 477 g/mol. The highest BCUT2D eigenvalue weighted by Gasteiger charge is 2.51. The van der Waals surface area contributed by atoms with Crippen LogP contribution in [0.3, 0.4) is 0 Å². The van der Waals surface area contributed by atoms with E-state index in [0.29, 0.717) is 13.0 Å². The topological polar surface area (TPSA) is 86.6 Å². The highest BCUT2D eigenvalue weighted by Crippen LogP contribution is 2.39. The van der Waals surface area contributed by atoms with Gasteiger partial charge in [0.1, 0.15) is 5.82 Å². The van der Waals surface area contributed by atoms with Gasteiger partial charge in [-0.25, -0.2) is 4.39 Å². The van der Waals surface area contributed by atoms with Crippen LogP contribution in [-0.4, -0.2) is 28.2 Å². The zero-order valence-corrected chi connectivity index (χ0v) is 19.8. The van der Waals surface area contributed by atoms with Crippen molar-refractivity contribution >= 4 is 24.3 Å². The summed E-state index contributed by atoms with van der Waals surface area (Å²) in [6.07, 6.45) is 5.98. The summed E-state index contributed by atoms with van der Waals surface area (Å²) in [5.41, 5.74) is 1.85. The molecule has 0 amide bonds. The first-order chi connectivity index (χ1) is 15.4. The van der Waals surface area contributed by atoms with Gasteiger partial charge in [-0.1, -0.05) is 62.6 Å². The summed E-state index contributed by atoms with van der Waals surface area (Å²) < 4.78 is 14.5. The van der Waals surface area contributed by atoms with E-state index < -0.39 is 17.4 Å². The normalized spacial score (nSPS) is 16.8. The van der Waals surface area contributed by atoms with Crippen LogP contribution in [0.2, 0.25) is 0 Å². The molecule has 2 aromatic rings. The van der Waals surface area contributed by atoms with Gasteiger partial charge in [-0.2, -0.15) is 0 Å². The van der Waals surface area contributed by atoms with Crippen LogP contribution in [0.4, 0.5) is 4.39 Å². The summed E-state index contributed by atoms with van der Waals surface area (Å²) in [4.78, 5) is 22.9. The molecular weight excluding hydrogens is 445 g/mol. The summed E-state index contributed by atoms with van der Waals surface area (Å²) in [5, 5.41) is 22.0. The van der Waals surface area contributed by atoms with Crippen LogP contribution >= 0.6 is 12.4 Å². The molecule has 1 atom stereocenters. The lowest BCUT2D eigenvalue weighted by molar-refractivity contribution is -0.164. The molecule has 0 heterocycles. The van der Waals surface area contributed by atoms with Crippen molar-refractivity contribution in [1.29, 1.82) is 0 Å². The largest absolute Gasteiger partial charge is 0.480 e. The van der Waals surface area contributed by atoms with Crippen LogP contribution in [-0.2, 0) is 22.6 Å². The van der Waals surface area contributed by atoms with Gasteiger partial charge in [0.2, 0.25) is 0 Å². The summed E-state index contributed by atoms with van der Waals surface area (Å²) in [7, 11) is 0. The molecule has 0 radical (unpaired) electrons. The van der Waals surface area contributed by atoms with Gasteiger partial charge >= 0.3 is 11.9 Å². The van der Waals surface area contributed by atoms with Gasteiger partial charge in [-0.3, -0.25) is 9.59 Å². The summed E-state index contributed by atoms with van der Waals surface area (Å²) in [6.45, 7) is 2.68. The molecular formula is C26H33ClFNO4. The maximum atomic E-state index is 14.5. The van der Waals surface area contributed by atoms with E-state index in [2.05, 4.69) is 12.2 Å². The Labute approximate surface area is 200 Å². The minimum atomic E-state index is -1.69. The molecule has 1 unspecified atom stereocenters. The number of nitrogens with one attached hydrogen (secondary N) is 1. The molecule has 0 aromatic heterocycles. The minimum absolute atomic E-state index is 0. The van der Waals surface area contributed by atoms with Crippen molar-refractivity contribution < 1.29 is 24.2 Å². The van der Waals surface area contributed by atoms with Gasteiger partial charge in [0.15, 0.2) is 5.41 Å². The number of hydrogen-bond donors (Lipinski definition) is 3. The van der Waals surface area contributed by atoms with Crippen molar-refractivity contribution in [3.05, 3.63) is 59.4 Å². The number of benzene rings is 2. The van der Waals surface area contributed by atoms with E-state index in [1.807, 2.05) is 36.4 Å². The van der Waals surface area contributed by atoms with Gasteiger partial charge in [-0.15, -0.1) is 12.4 Å². The molecule has 0 aliphatic heterocycles. The molecule has 180 valence electrons. The Morgan fingerprint density at radius 1 is 1.03 bits per heavy atom. The number of carbonyl (C=O) groups is 2. The van der Waals surface area contributed by atoms with E-state index in [1.165, 1.54) is 12.8 Å². The summed E-state index contributed by atoms with van der Waals surface area (Å²) in [6, 6.07) is 13.1. The molecule has 0 bridgehead atoms. The van der Waals surface area contributed by atoms with Gasteiger partial charge < -0.3 is 15.5 Å². The van der Waals surface area contributed by atoms with E-state index in [-0.39, 0.29) is 37.1 Å². The number of aliphatic carboxylic acids is 2. The zero-order chi connectivity index (χ0) is 23.1. The number of unbranched alkanes of at least 4 members (excludes halogenated alkanes) is 3. The minimum Gasteiger partial charge on any atom is -0.480 e. The Balaban J connectivity index is 0.00000385. The van der Waals surface area contributed by atoms with Crippen molar-refractivity contribution in [1.82, 2.24) is 5.32 Å². The van der Waals surface area contributed by atoms with E-state index in [9.17, 15) is 24.2 Å². The highest BCUT2D eigenvalue weighted by atomic mass is 35.5. The first-order valence-electron chi connectivity index (χ1n) is 11.4. The fourth-order valence-electron chi connectivity index (χ4n) is 4.45. The molecule has 2 aromatic carbocycles. The van der Waals surface area contributed by atoms with Crippen LogP contribution in [0.25, 0.3) is 11.1 Å². The average Bonchev–Trinajstić information content (AvgIpc) is 3.23. The predicted molar refractivity (Wildman–Crippen MR) is 129 cm³/mol. The van der Waals surface area contributed by atoms with Gasteiger partial charge in [0.25, 0.3) is 0 Å². The molecule has 3 rings (SSSR count). The third-order valence-corrected chi connectivity index (χ3v) is 6.57. The smallest absolute Gasteiger partial charge is 0.321 e. The number of carboxylic acids is 2. The third kappa shape index (κ3) is 6.55. The zero-order valence-electron chi connectivity index (χ0n) is 19.0. The number of hydrogen-bond acceptors (Lipinski definition) is 3. The van der Waals surface area contributed by atoms with Gasteiger partial charge in [0, 0.05) is 12.6 Å². The average molecular weight is 478 g/mol. The second-order valence-corrected chi connectivity index (χ2v) is 8.83. The van der Waals surface area contributed by atoms with E-state index in [4.69, 9.17) is 0 Å². The molecule has 1 aliphatic rings. The SMILES string of the molecule is CCCCCCc1ccc(-c2ccc(CNC3CCC(C(=O)O)(C(=O)O)C3)cc2)cc1F.Cl. The molecule has 5 nitrogen and oxygen atoms in total. The van der Waals surface area contributed by atoms with Crippen LogP contribution in [0.15, 0.2) is 42.5 Å². The van der Waals surface area contributed by atoms with Crippen molar-refractivity contribution in [2.24, 2.45) is 5.41 Å².